The Morgan fingerprint density at radius 1 is 1.16 bits per heavy atom. The van der Waals surface area contributed by atoms with Gasteiger partial charge in [-0.1, -0.05) is 34.1 Å². The lowest BCUT2D eigenvalue weighted by molar-refractivity contribution is 0.210. The molecule has 1 fully saturated rings. The Balaban J connectivity index is 2.02. The fourth-order valence-electron chi connectivity index (χ4n) is 3.08. The number of nitrogens with one attached hydrogen (secondary N) is 1. The molecule has 0 aromatic carbocycles. The number of likely N-dealkylation sites (N-methyl/N-ethyl adjacent to an activating group) is 1. The van der Waals surface area contributed by atoms with E-state index in [-0.39, 0.29) is 0 Å². The molecular formula is C16H35N3. The van der Waals surface area contributed by atoms with Crippen LogP contribution >= 0.6 is 0 Å². The van der Waals surface area contributed by atoms with Crippen LogP contribution in [0.2, 0.25) is 0 Å². The highest BCUT2D eigenvalue weighted by Gasteiger charge is 2.25. The van der Waals surface area contributed by atoms with Crippen molar-refractivity contribution < 1.29 is 0 Å². The van der Waals surface area contributed by atoms with Gasteiger partial charge < -0.3 is 10.2 Å². The monoisotopic (exact) mass is 269 g/mol. The largest absolute Gasteiger partial charge is 0.315 e. The molecule has 1 saturated heterocycles. The van der Waals surface area contributed by atoms with E-state index in [1.807, 2.05) is 0 Å². The molecule has 1 heterocycles. The van der Waals surface area contributed by atoms with Gasteiger partial charge in [0.25, 0.3) is 0 Å². The van der Waals surface area contributed by atoms with Gasteiger partial charge in [0, 0.05) is 18.6 Å². The quantitative estimate of drug-likeness (QED) is 0.615. The van der Waals surface area contributed by atoms with Crippen molar-refractivity contribution in [1.29, 1.82) is 0 Å². The first kappa shape index (κ1) is 16.9. The van der Waals surface area contributed by atoms with Crippen LogP contribution in [0.4, 0.5) is 0 Å². The average Bonchev–Trinajstić information content (AvgIpc) is 2.83. The molecular weight excluding hydrogens is 234 g/mol. The van der Waals surface area contributed by atoms with Gasteiger partial charge in [0.15, 0.2) is 0 Å². The normalized spacial score (nSPS) is 20.8. The minimum absolute atomic E-state index is 0.633. The summed E-state index contributed by atoms with van der Waals surface area (Å²) >= 11 is 0. The molecule has 1 rings (SSSR count). The molecule has 3 heteroatoms. The molecule has 0 amide bonds. The molecule has 1 N–H and O–H groups in total. The van der Waals surface area contributed by atoms with Crippen LogP contribution in [-0.4, -0.2) is 61.2 Å². The Morgan fingerprint density at radius 2 is 1.89 bits per heavy atom. The molecule has 0 aliphatic carbocycles. The Labute approximate surface area is 120 Å². The maximum atomic E-state index is 3.49. The van der Waals surface area contributed by atoms with Crippen molar-refractivity contribution in [2.45, 2.75) is 65.5 Å². The van der Waals surface area contributed by atoms with Crippen LogP contribution in [0.1, 0.15) is 53.4 Å². The minimum Gasteiger partial charge on any atom is -0.315 e. The summed E-state index contributed by atoms with van der Waals surface area (Å²) < 4.78 is 0. The molecule has 1 unspecified atom stereocenters. The summed E-state index contributed by atoms with van der Waals surface area (Å²) in [6, 6.07) is 1.45. The molecule has 0 aromatic rings. The van der Waals surface area contributed by atoms with Crippen LogP contribution in [0.25, 0.3) is 0 Å². The lowest BCUT2D eigenvalue weighted by Gasteiger charge is -2.26. The zero-order chi connectivity index (χ0) is 14.1. The van der Waals surface area contributed by atoms with Crippen LogP contribution in [0.5, 0.6) is 0 Å². The van der Waals surface area contributed by atoms with E-state index in [1.54, 1.807) is 0 Å². The summed E-state index contributed by atoms with van der Waals surface area (Å²) in [6.45, 7) is 16.5. The van der Waals surface area contributed by atoms with E-state index in [9.17, 15) is 0 Å². The van der Waals surface area contributed by atoms with Crippen molar-refractivity contribution in [2.75, 3.05) is 39.3 Å². The average molecular weight is 269 g/mol. The molecule has 1 atom stereocenters. The SMILES string of the molecule is CCN(CC)C1CCN(CCCCCNC(C)C)C1. The molecule has 0 aromatic heterocycles. The summed E-state index contributed by atoms with van der Waals surface area (Å²) in [5.41, 5.74) is 0. The second-order valence-electron chi connectivity index (χ2n) is 6.13. The van der Waals surface area contributed by atoms with Crippen LogP contribution in [0.15, 0.2) is 0 Å². The molecule has 114 valence electrons. The Morgan fingerprint density at radius 3 is 2.53 bits per heavy atom. The van der Waals surface area contributed by atoms with Crippen molar-refractivity contribution in [3.63, 3.8) is 0 Å². The highest BCUT2D eigenvalue weighted by atomic mass is 15.2. The number of hydrogen-bond donors (Lipinski definition) is 1. The second-order valence-corrected chi connectivity index (χ2v) is 6.13. The fourth-order valence-corrected chi connectivity index (χ4v) is 3.08. The first-order chi connectivity index (χ1) is 9.17. The zero-order valence-corrected chi connectivity index (χ0v) is 13.6. The maximum absolute atomic E-state index is 3.49. The number of nitrogens with zero attached hydrogens (tertiary/aromatic N) is 2. The van der Waals surface area contributed by atoms with Crippen LogP contribution in [0, 0.1) is 0 Å². The highest BCUT2D eigenvalue weighted by molar-refractivity contribution is 4.82. The number of likely N-dealkylation sites (tertiary alicyclic amines) is 1. The first-order valence-electron chi connectivity index (χ1n) is 8.37. The van der Waals surface area contributed by atoms with Gasteiger partial charge in [0.1, 0.15) is 0 Å². The summed E-state index contributed by atoms with van der Waals surface area (Å²) in [5.74, 6) is 0. The number of unbranched alkanes of at least 4 members (excludes halogenated alkanes) is 2. The van der Waals surface area contributed by atoms with E-state index in [0.29, 0.717) is 6.04 Å². The van der Waals surface area contributed by atoms with Crippen molar-refractivity contribution in [3.05, 3.63) is 0 Å². The molecule has 19 heavy (non-hydrogen) atoms. The van der Waals surface area contributed by atoms with Gasteiger partial charge >= 0.3 is 0 Å². The predicted molar refractivity (Wildman–Crippen MR) is 84.8 cm³/mol. The third-order valence-corrected chi connectivity index (χ3v) is 4.28. The summed E-state index contributed by atoms with van der Waals surface area (Å²) in [7, 11) is 0. The second kappa shape index (κ2) is 9.73. The third kappa shape index (κ3) is 6.73. The zero-order valence-electron chi connectivity index (χ0n) is 13.6. The third-order valence-electron chi connectivity index (χ3n) is 4.28. The van der Waals surface area contributed by atoms with Crippen molar-refractivity contribution in [1.82, 2.24) is 15.1 Å². The molecule has 1 aliphatic heterocycles. The number of rotatable bonds is 10. The molecule has 0 saturated carbocycles. The molecule has 0 spiro atoms. The van der Waals surface area contributed by atoms with Gasteiger partial charge in [0.2, 0.25) is 0 Å². The van der Waals surface area contributed by atoms with Gasteiger partial charge in [-0.3, -0.25) is 4.90 Å². The highest BCUT2D eigenvalue weighted by Crippen LogP contribution is 2.15. The molecule has 0 radical (unpaired) electrons. The smallest absolute Gasteiger partial charge is 0.0235 e. The van der Waals surface area contributed by atoms with E-state index < -0.39 is 0 Å². The topological polar surface area (TPSA) is 18.5 Å². The summed E-state index contributed by atoms with van der Waals surface area (Å²) in [4.78, 5) is 5.28. The standard InChI is InChI=1S/C16H35N3/c1-5-19(6-2)16-10-13-18(14-16)12-9-7-8-11-17-15(3)4/h15-17H,5-14H2,1-4H3. The lowest BCUT2D eigenvalue weighted by Crippen LogP contribution is -2.37. The Kier molecular flexibility index (Phi) is 8.67. The maximum Gasteiger partial charge on any atom is 0.0235 e. The van der Waals surface area contributed by atoms with Crippen LogP contribution < -0.4 is 5.32 Å². The van der Waals surface area contributed by atoms with Gasteiger partial charge in [-0.2, -0.15) is 0 Å². The molecule has 3 nitrogen and oxygen atoms in total. The van der Waals surface area contributed by atoms with Crippen LogP contribution in [0.3, 0.4) is 0 Å². The lowest BCUT2D eigenvalue weighted by atomic mass is 10.2. The van der Waals surface area contributed by atoms with E-state index in [0.717, 1.165) is 6.04 Å². The van der Waals surface area contributed by atoms with Crippen molar-refractivity contribution in [2.24, 2.45) is 0 Å². The van der Waals surface area contributed by atoms with E-state index in [1.165, 1.54) is 65.0 Å². The summed E-state index contributed by atoms with van der Waals surface area (Å²) in [5, 5.41) is 3.49. The first-order valence-corrected chi connectivity index (χ1v) is 8.37. The van der Waals surface area contributed by atoms with E-state index >= 15 is 0 Å². The number of hydrogen-bond acceptors (Lipinski definition) is 3. The van der Waals surface area contributed by atoms with Crippen molar-refractivity contribution in [3.8, 4) is 0 Å². The van der Waals surface area contributed by atoms with Crippen molar-refractivity contribution >= 4 is 0 Å². The summed E-state index contributed by atoms with van der Waals surface area (Å²) in [6.07, 6.45) is 5.43. The van der Waals surface area contributed by atoms with E-state index in [4.69, 9.17) is 0 Å². The Hall–Kier alpha value is -0.120. The minimum atomic E-state index is 0.633. The molecule has 1 aliphatic rings. The van der Waals surface area contributed by atoms with E-state index in [2.05, 4.69) is 42.8 Å². The Bertz CT molecular complexity index is 214. The van der Waals surface area contributed by atoms with Gasteiger partial charge in [-0.05, 0) is 52.0 Å². The van der Waals surface area contributed by atoms with Crippen LogP contribution in [-0.2, 0) is 0 Å². The predicted octanol–water partition coefficient (Wildman–Crippen LogP) is 2.57. The van der Waals surface area contributed by atoms with Gasteiger partial charge in [0.05, 0.1) is 0 Å². The van der Waals surface area contributed by atoms with Gasteiger partial charge in [-0.25, -0.2) is 0 Å². The molecule has 0 bridgehead atoms. The van der Waals surface area contributed by atoms with Gasteiger partial charge in [-0.15, -0.1) is 0 Å². The fraction of sp³-hybridized carbons (Fsp3) is 1.00.